The summed E-state index contributed by atoms with van der Waals surface area (Å²) in [6.07, 6.45) is -8.02. The summed E-state index contributed by atoms with van der Waals surface area (Å²) < 4.78 is 79.7. The summed E-state index contributed by atoms with van der Waals surface area (Å²) in [4.78, 5) is 11.9. The molecule has 0 fully saturated rings. The van der Waals surface area contributed by atoms with Crippen LogP contribution in [0.4, 0.5) is 26.3 Å². The van der Waals surface area contributed by atoms with Crippen LogP contribution in [0.1, 0.15) is 31.7 Å². The fraction of sp³-hybridized carbons (Fsp3) is 0.538. The second-order valence-electron chi connectivity index (χ2n) is 5.19. The first-order valence-corrected chi connectivity index (χ1v) is 6.38. The number of rotatable bonds is 5. The third kappa shape index (κ3) is 4.49. The fourth-order valence-electron chi connectivity index (χ4n) is 1.77. The Kier molecular flexibility index (Phi) is 5.49. The Balaban J connectivity index is 2.88. The van der Waals surface area contributed by atoms with Crippen LogP contribution in [0.15, 0.2) is 18.0 Å². The largest absolute Gasteiger partial charge is 0.463 e. The van der Waals surface area contributed by atoms with Gasteiger partial charge in [0.15, 0.2) is 17.1 Å². The second-order valence-corrected chi connectivity index (χ2v) is 5.19. The summed E-state index contributed by atoms with van der Waals surface area (Å²) in [6.45, 7) is 3.14. The van der Waals surface area contributed by atoms with Gasteiger partial charge in [0.25, 0.3) is 0 Å². The molecule has 23 heavy (non-hydrogen) atoms. The van der Waals surface area contributed by atoms with Crippen LogP contribution >= 0.6 is 0 Å². The van der Waals surface area contributed by atoms with Gasteiger partial charge in [-0.3, -0.25) is 4.68 Å². The highest BCUT2D eigenvalue weighted by Crippen LogP contribution is 2.30. The van der Waals surface area contributed by atoms with E-state index >= 15 is 0 Å². The molecule has 4 nitrogen and oxygen atoms in total. The minimum absolute atomic E-state index is 0.0557. The van der Waals surface area contributed by atoms with E-state index in [-0.39, 0.29) is 5.69 Å². The number of esters is 1. The van der Waals surface area contributed by atoms with Crippen molar-refractivity contribution in [1.82, 2.24) is 9.78 Å². The molecule has 1 aromatic rings. The highest BCUT2D eigenvalue weighted by Gasteiger charge is 2.39. The highest BCUT2D eigenvalue weighted by atomic mass is 19.4. The Labute approximate surface area is 127 Å². The summed E-state index contributed by atoms with van der Waals surface area (Å²) >= 11 is 0. The first kappa shape index (κ1) is 19.0. The van der Waals surface area contributed by atoms with Gasteiger partial charge in [-0.05, 0) is 26.8 Å². The average molecular weight is 344 g/mol. The third-order valence-electron chi connectivity index (χ3n) is 2.97. The molecule has 0 radical (unpaired) electrons. The second kappa shape index (κ2) is 6.63. The van der Waals surface area contributed by atoms with Crippen LogP contribution in [-0.2, 0) is 21.2 Å². The molecule has 130 valence electrons. The molecule has 0 aliphatic rings. The number of hydrogen-bond donors (Lipinski definition) is 0. The summed E-state index contributed by atoms with van der Waals surface area (Å²) in [6, 6.07) is 0.760. The van der Waals surface area contributed by atoms with Crippen LogP contribution in [0.5, 0.6) is 0 Å². The molecule has 0 aromatic carbocycles. The molecule has 0 saturated heterocycles. The summed E-state index contributed by atoms with van der Waals surface area (Å²) in [7, 11) is 0. The molecule has 0 atom stereocenters. The van der Waals surface area contributed by atoms with Gasteiger partial charge in [0.2, 0.25) is 0 Å². The Morgan fingerprint density at radius 2 is 1.83 bits per heavy atom. The van der Waals surface area contributed by atoms with E-state index in [0.717, 1.165) is 10.7 Å². The van der Waals surface area contributed by atoms with Gasteiger partial charge >= 0.3 is 18.2 Å². The number of aryl methyl sites for hydroxylation is 1. The maximum absolute atomic E-state index is 12.6. The van der Waals surface area contributed by atoms with Gasteiger partial charge in [-0.1, -0.05) is 0 Å². The molecule has 0 N–H and O–H groups in total. The Morgan fingerprint density at radius 3 is 2.26 bits per heavy atom. The number of aromatic nitrogens is 2. The molecule has 10 heteroatoms. The van der Waals surface area contributed by atoms with E-state index in [1.54, 1.807) is 0 Å². The van der Waals surface area contributed by atoms with E-state index in [9.17, 15) is 31.1 Å². The monoisotopic (exact) mass is 344 g/mol. The topological polar surface area (TPSA) is 44.1 Å². The third-order valence-corrected chi connectivity index (χ3v) is 2.97. The normalized spacial score (nSPS) is 12.2. The Bertz CT molecular complexity index is 614. The predicted octanol–water partition coefficient (Wildman–Crippen LogP) is 3.96. The van der Waals surface area contributed by atoms with Gasteiger partial charge in [-0.15, -0.1) is 0 Å². The Morgan fingerprint density at radius 1 is 1.26 bits per heavy atom. The smallest absolute Gasteiger partial charge is 0.435 e. The van der Waals surface area contributed by atoms with E-state index in [0.29, 0.717) is 0 Å². The number of nitrogens with zero attached hydrogens (tertiary/aromatic N) is 2. The van der Waals surface area contributed by atoms with Gasteiger partial charge in [-0.2, -0.15) is 27.1 Å². The molecular formula is C13H14F6N2O2. The molecule has 1 rings (SSSR count). The van der Waals surface area contributed by atoms with Crippen molar-refractivity contribution in [2.45, 2.75) is 38.9 Å². The molecule has 0 amide bonds. The van der Waals surface area contributed by atoms with Crippen molar-refractivity contribution in [2.75, 3.05) is 6.61 Å². The molecular weight excluding hydrogens is 330 g/mol. The van der Waals surface area contributed by atoms with Crippen molar-refractivity contribution < 1.29 is 35.9 Å². The van der Waals surface area contributed by atoms with Crippen molar-refractivity contribution in [3.63, 3.8) is 0 Å². The van der Waals surface area contributed by atoms with E-state index < -0.39 is 48.3 Å². The maximum Gasteiger partial charge on any atom is 0.435 e. The number of alkyl halides is 3. The fourth-order valence-corrected chi connectivity index (χ4v) is 1.77. The van der Waals surface area contributed by atoms with Gasteiger partial charge in [0.1, 0.15) is 0 Å². The Hall–Kier alpha value is -2.00. The van der Waals surface area contributed by atoms with Crippen molar-refractivity contribution in [3.8, 4) is 0 Å². The van der Waals surface area contributed by atoms with E-state index in [4.69, 9.17) is 0 Å². The minimum atomic E-state index is -4.68. The van der Waals surface area contributed by atoms with Crippen molar-refractivity contribution in [1.29, 1.82) is 0 Å². The lowest BCUT2D eigenvalue weighted by Gasteiger charge is -2.24. The van der Waals surface area contributed by atoms with E-state index in [1.807, 2.05) is 0 Å². The number of hydrogen-bond acceptors (Lipinski definition) is 3. The lowest BCUT2D eigenvalue weighted by atomic mass is 10.1. The van der Waals surface area contributed by atoms with Crippen molar-refractivity contribution >= 4 is 5.97 Å². The van der Waals surface area contributed by atoms with Gasteiger partial charge in [-0.25, -0.2) is 9.18 Å². The standard InChI is InChI=1S/C13H14F6N2O2/c1-7-6-9(13(17,18)19)20-21(7)12(2,3)11(22)23-5-4-8(14)10(15)16/h6H,4-5H2,1-3H3. The lowest BCUT2D eigenvalue weighted by molar-refractivity contribution is -0.154. The lowest BCUT2D eigenvalue weighted by Crippen LogP contribution is -2.39. The first-order valence-electron chi connectivity index (χ1n) is 6.38. The summed E-state index contributed by atoms with van der Waals surface area (Å²) in [5.74, 6) is -2.74. The van der Waals surface area contributed by atoms with Crippen LogP contribution in [0.3, 0.4) is 0 Å². The number of ether oxygens (including phenoxy) is 1. The zero-order valence-electron chi connectivity index (χ0n) is 12.5. The number of halogens is 6. The van der Waals surface area contributed by atoms with Crippen LogP contribution in [0.2, 0.25) is 0 Å². The van der Waals surface area contributed by atoms with Gasteiger partial charge < -0.3 is 4.74 Å². The summed E-state index contributed by atoms with van der Waals surface area (Å²) in [5, 5.41) is 3.33. The first-order chi connectivity index (χ1) is 10.4. The molecule has 0 saturated carbocycles. The van der Waals surface area contributed by atoms with Crippen LogP contribution in [0.25, 0.3) is 0 Å². The zero-order chi connectivity index (χ0) is 18.0. The molecule has 1 aromatic heterocycles. The number of carbonyl (C=O) groups excluding carboxylic acids is 1. The predicted molar refractivity (Wildman–Crippen MR) is 67.2 cm³/mol. The molecule has 0 bridgehead atoms. The van der Waals surface area contributed by atoms with Gasteiger partial charge in [0, 0.05) is 12.1 Å². The molecule has 0 aliphatic carbocycles. The van der Waals surface area contributed by atoms with Gasteiger partial charge in [0.05, 0.1) is 6.61 Å². The average Bonchev–Trinajstić information content (AvgIpc) is 2.80. The van der Waals surface area contributed by atoms with Crippen molar-refractivity contribution in [3.05, 3.63) is 29.4 Å². The molecule has 0 spiro atoms. The zero-order valence-corrected chi connectivity index (χ0v) is 12.5. The minimum Gasteiger partial charge on any atom is -0.463 e. The SMILES string of the molecule is Cc1cc(C(F)(F)F)nn1C(C)(C)C(=O)OCCC(F)=C(F)F. The van der Waals surface area contributed by atoms with Crippen LogP contribution in [-0.4, -0.2) is 22.4 Å². The maximum atomic E-state index is 12.6. The quantitative estimate of drug-likeness (QED) is 0.600. The molecule has 0 unspecified atom stereocenters. The number of carbonyl (C=O) groups is 1. The highest BCUT2D eigenvalue weighted by molar-refractivity contribution is 5.77. The van der Waals surface area contributed by atoms with E-state index in [1.165, 1.54) is 20.8 Å². The molecule has 0 aliphatic heterocycles. The molecule has 1 heterocycles. The van der Waals surface area contributed by atoms with Crippen LogP contribution < -0.4 is 0 Å². The van der Waals surface area contributed by atoms with E-state index in [2.05, 4.69) is 9.84 Å². The summed E-state index contributed by atoms with van der Waals surface area (Å²) in [5.41, 5.74) is -2.74. The van der Waals surface area contributed by atoms with Crippen molar-refractivity contribution in [2.24, 2.45) is 0 Å². The van der Waals surface area contributed by atoms with Crippen LogP contribution in [0, 0.1) is 6.92 Å².